The van der Waals surface area contributed by atoms with E-state index in [0.29, 0.717) is 33.2 Å². The fourth-order valence-electron chi connectivity index (χ4n) is 3.31. The molecule has 1 aromatic heterocycles. The molecule has 152 valence electrons. The van der Waals surface area contributed by atoms with Crippen molar-refractivity contribution in [3.05, 3.63) is 98.8 Å². The Balaban J connectivity index is 1.72. The van der Waals surface area contributed by atoms with Crippen LogP contribution in [-0.4, -0.2) is 20.4 Å². The van der Waals surface area contributed by atoms with E-state index >= 15 is 0 Å². The van der Waals surface area contributed by atoms with Gasteiger partial charge >= 0.3 is 0 Å². The molecule has 0 saturated heterocycles. The quantitative estimate of drug-likeness (QED) is 0.338. The van der Waals surface area contributed by atoms with E-state index in [2.05, 4.69) is 42.0 Å². The Morgan fingerprint density at radius 2 is 1.33 bits per heavy atom. The largest absolute Gasteiger partial charge is 0.506 e. The Hall–Kier alpha value is -2.48. The number of nitrogens with zero attached hydrogens (tertiary/aromatic N) is 2. The molecule has 1 heterocycles. The normalized spacial score (nSPS) is 11.6. The van der Waals surface area contributed by atoms with Crippen LogP contribution in [0.25, 0.3) is 11.4 Å². The average molecular weight is 530 g/mol. The second kappa shape index (κ2) is 8.71. The highest BCUT2D eigenvalue weighted by molar-refractivity contribution is 9.11. The molecule has 0 atom stereocenters. The molecule has 0 aliphatic heterocycles. The molecule has 0 saturated carbocycles. The molecule has 5 nitrogen and oxygen atoms in total. The Labute approximate surface area is 190 Å². The topological polar surface area (TPSA) is 79.4 Å². The van der Waals surface area contributed by atoms with Crippen LogP contribution >= 0.6 is 31.9 Å². The zero-order chi connectivity index (χ0) is 21.1. The monoisotopic (exact) mass is 528 g/mol. The number of aromatic nitrogens is 2. The van der Waals surface area contributed by atoms with E-state index in [0.717, 1.165) is 11.1 Å². The van der Waals surface area contributed by atoms with Gasteiger partial charge in [0.25, 0.3) is 5.89 Å². The van der Waals surface area contributed by atoms with Gasteiger partial charge in [-0.15, -0.1) is 0 Å². The lowest BCUT2D eigenvalue weighted by Crippen LogP contribution is -2.32. The standard InChI is InChI=1S/C23H18Br2N2O3/c24-18-11-17(12-19(25)20(18)28)21-26-22(30-27-21)23(29,13-15-7-3-1-4-8-15)14-16-9-5-2-6-10-16/h1-12,28-29H,13-14H2. The fourth-order valence-corrected chi connectivity index (χ4v) is 4.49. The first kappa shape index (κ1) is 20.8. The van der Waals surface area contributed by atoms with Gasteiger partial charge in [0, 0.05) is 18.4 Å². The molecule has 0 aliphatic carbocycles. The second-order valence-electron chi connectivity index (χ2n) is 7.07. The summed E-state index contributed by atoms with van der Waals surface area (Å²) in [5.74, 6) is 0.559. The predicted octanol–water partition coefficient (Wildman–Crippen LogP) is 5.64. The van der Waals surface area contributed by atoms with Crippen LogP contribution in [0.1, 0.15) is 17.0 Å². The van der Waals surface area contributed by atoms with Gasteiger partial charge in [-0.25, -0.2) is 0 Å². The van der Waals surface area contributed by atoms with Crippen LogP contribution in [0.2, 0.25) is 0 Å². The maximum Gasteiger partial charge on any atom is 0.259 e. The first-order valence-corrected chi connectivity index (χ1v) is 10.9. The Morgan fingerprint density at radius 3 is 1.83 bits per heavy atom. The fraction of sp³-hybridized carbons (Fsp3) is 0.130. The number of aliphatic hydroxyl groups is 1. The highest BCUT2D eigenvalue weighted by Crippen LogP contribution is 2.37. The van der Waals surface area contributed by atoms with Crippen molar-refractivity contribution < 1.29 is 14.7 Å². The molecule has 2 N–H and O–H groups in total. The summed E-state index contributed by atoms with van der Waals surface area (Å²) in [6, 6.07) is 22.8. The van der Waals surface area contributed by atoms with E-state index in [1.165, 1.54) is 0 Å². The number of hydrogen-bond donors (Lipinski definition) is 2. The number of phenols is 1. The number of phenolic OH excluding ortho intramolecular Hbond substituents is 1. The number of rotatable bonds is 6. The van der Waals surface area contributed by atoms with Gasteiger partial charge in [-0.2, -0.15) is 4.98 Å². The zero-order valence-electron chi connectivity index (χ0n) is 15.8. The average Bonchev–Trinajstić information content (AvgIpc) is 3.24. The van der Waals surface area contributed by atoms with Crippen LogP contribution in [0.4, 0.5) is 0 Å². The minimum Gasteiger partial charge on any atom is -0.506 e. The van der Waals surface area contributed by atoms with Gasteiger partial charge < -0.3 is 14.7 Å². The molecular formula is C23H18Br2N2O3. The van der Waals surface area contributed by atoms with Crippen LogP contribution in [0.15, 0.2) is 86.3 Å². The van der Waals surface area contributed by atoms with Crippen LogP contribution in [0.3, 0.4) is 0 Å². The number of hydrogen-bond acceptors (Lipinski definition) is 5. The van der Waals surface area contributed by atoms with Crippen molar-refractivity contribution in [1.29, 1.82) is 0 Å². The number of benzene rings is 3. The summed E-state index contributed by atoms with van der Waals surface area (Å²) in [6.07, 6.45) is 0.653. The first-order valence-electron chi connectivity index (χ1n) is 9.27. The summed E-state index contributed by atoms with van der Waals surface area (Å²) in [5, 5.41) is 25.7. The molecule has 0 radical (unpaired) electrons. The van der Waals surface area contributed by atoms with E-state index in [9.17, 15) is 10.2 Å². The maximum atomic E-state index is 11.6. The summed E-state index contributed by atoms with van der Waals surface area (Å²) in [4.78, 5) is 4.51. The molecule has 0 fully saturated rings. The molecule has 0 spiro atoms. The van der Waals surface area contributed by atoms with E-state index in [-0.39, 0.29) is 11.6 Å². The molecule has 0 unspecified atom stereocenters. The van der Waals surface area contributed by atoms with Gasteiger partial charge in [0.15, 0.2) is 5.60 Å². The molecular weight excluding hydrogens is 512 g/mol. The predicted molar refractivity (Wildman–Crippen MR) is 121 cm³/mol. The third-order valence-electron chi connectivity index (χ3n) is 4.78. The van der Waals surface area contributed by atoms with Crippen molar-refractivity contribution >= 4 is 31.9 Å². The van der Waals surface area contributed by atoms with Crippen molar-refractivity contribution in [2.75, 3.05) is 0 Å². The molecule has 4 aromatic rings. The molecule has 4 rings (SSSR count). The van der Waals surface area contributed by atoms with E-state index < -0.39 is 5.60 Å². The molecule has 7 heteroatoms. The lowest BCUT2D eigenvalue weighted by atomic mass is 9.88. The molecule has 0 aliphatic rings. The minimum atomic E-state index is -1.38. The third kappa shape index (κ3) is 4.48. The second-order valence-corrected chi connectivity index (χ2v) is 8.78. The maximum absolute atomic E-state index is 11.6. The number of halogens is 2. The first-order chi connectivity index (χ1) is 14.4. The highest BCUT2D eigenvalue weighted by atomic mass is 79.9. The van der Waals surface area contributed by atoms with Crippen molar-refractivity contribution in [1.82, 2.24) is 10.1 Å². The van der Waals surface area contributed by atoms with E-state index in [1.807, 2.05) is 60.7 Å². The van der Waals surface area contributed by atoms with Crippen molar-refractivity contribution in [2.24, 2.45) is 0 Å². The van der Waals surface area contributed by atoms with Crippen LogP contribution in [0, 0.1) is 0 Å². The van der Waals surface area contributed by atoms with Gasteiger partial charge in [0.2, 0.25) is 5.82 Å². The summed E-state index contributed by atoms with van der Waals surface area (Å²) < 4.78 is 6.54. The molecule has 30 heavy (non-hydrogen) atoms. The summed E-state index contributed by atoms with van der Waals surface area (Å²) in [6.45, 7) is 0. The van der Waals surface area contributed by atoms with Crippen LogP contribution in [-0.2, 0) is 18.4 Å². The highest BCUT2D eigenvalue weighted by Gasteiger charge is 2.36. The lowest BCUT2D eigenvalue weighted by Gasteiger charge is -2.24. The SMILES string of the molecule is Oc1c(Br)cc(-c2noc(C(O)(Cc3ccccc3)Cc3ccccc3)n2)cc1Br. The van der Waals surface area contributed by atoms with Gasteiger partial charge in [-0.05, 0) is 55.1 Å². The van der Waals surface area contributed by atoms with Gasteiger partial charge in [0.1, 0.15) is 5.75 Å². The van der Waals surface area contributed by atoms with Crippen LogP contribution in [0.5, 0.6) is 5.75 Å². The Morgan fingerprint density at radius 1 is 0.833 bits per heavy atom. The molecule has 0 bridgehead atoms. The third-order valence-corrected chi connectivity index (χ3v) is 5.99. The summed E-state index contributed by atoms with van der Waals surface area (Å²) >= 11 is 6.63. The van der Waals surface area contributed by atoms with Crippen molar-refractivity contribution in [3.8, 4) is 17.1 Å². The number of aromatic hydroxyl groups is 1. The Kier molecular flexibility index (Phi) is 6.04. The van der Waals surface area contributed by atoms with Crippen LogP contribution < -0.4 is 0 Å². The van der Waals surface area contributed by atoms with Gasteiger partial charge in [0.05, 0.1) is 8.95 Å². The minimum absolute atomic E-state index is 0.0899. The molecule has 3 aromatic carbocycles. The van der Waals surface area contributed by atoms with Crippen molar-refractivity contribution in [3.63, 3.8) is 0 Å². The van der Waals surface area contributed by atoms with E-state index in [1.54, 1.807) is 12.1 Å². The molecule has 0 amide bonds. The smallest absolute Gasteiger partial charge is 0.259 e. The van der Waals surface area contributed by atoms with E-state index in [4.69, 9.17) is 4.52 Å². The van der Waals surface area contributed by atoms with Gasteiger partial charge in [-0.1, -0.05) is 65.8 Å². The lowest BCUT2D eigenvalue weighted by molar-refractivity contribution is 0.00457. The summed E-state index contributed by atoms with van der Waals surface area (Å²) in [5.41, 5.74) is 1.19. The van der Waals surface area contributed by atoms with Gasteiger partial charge in [-0.3, -0.25) is 0 Å². The Bertz CT molecular complexity index is 1080. The summed E-state index contributed by atoms with van der Waals surface area (Å²) in [7, 11) is 0. The zero-order valence-corrected chi connectivity index (χ0v) is 19.0. The van der Waals surface area contributed by atoms with Crippen molar-refractivity contribution in [2.45, 2.75) is 18.4 Å².